The van der Waals surface area contributed by atoms with Gasteiger partial charge in [-0.1, -0.05) is 38.1 Å². The van der Waals surface area contributed by atoms with Crippen molar-refractivity contribution in [3.8, 4) is 0 Å². The minimum absolute atomic E-state index is 0.417. The van der Waals surface area contributed by atoms with E-state index in [1.54, 1.807) is 6.92 Å². The fourth-order valence-electron chi connectivity index (χ4n) is 2.57. The van der Waals surface area contributed by atoms with Gasteiger partial charge in [0.2, 0.25) is 0 Å². The highest BCUT2D eigenvalue weighted by Gasteiger charge is 2.39. The molecule has 1 aromatic carbocycles. The van der Waals surface area contributed by atoms with E-state index in [0.717, 1.165) is 22.9 Å². The molecule has 2 atom stereocenters. The summed E-state index contributed by atoms with van der Waals surface area (Å²) in [4.78, 5) is 12.3. The van der Waals surface area contributed by atoms with Gasteiger partial charge in [0.15, 0.2) is 5.69 Å². The number of hydrogen-bond acceptors (Lipinski definition) is 2. The maximum atomic E-state index is 13.0. The van der Waals surface area contributed by atoms with E-state index in [0.29, 0.717) is 5.92 Å². The van der Waals surface area contributed by atoms with E-state index in [1.807, 2.05) is 24.3 Å². The molecule has 0 fully saturated rings. The average molecular weight is 353 g/mol. The summed E-state index contributed by atoms with van der Waals surface area (Å²) in [7, 11) is 1.35. The van der Waals surface area contributed by atoms with E-state index >= 15 is 0 Å². The Morgan fingerprint density at radius 1 is 1.20 bits per heavy atom. The molecule has 2 rings (SSSR count). The highest BCUT2D eigenvalue weighted by molar-refractivity contribution is 5.95. The van der Waals surface area contributed by atoms with Crippen LogP contribution >= 0.6 is 0 Å². The highest BCUT2D eigenvalue weighted by atomic mass is 19.4. The quantitative estimate of drug-likeness (QED) is 0.864. The first-order valence-electron chi connectivity index (χ1n) is 8.15. The fourth-order valence-corrected chi connectivity index (χ4v) is 2.57. The lowest BCUT2D eigenvalue weighted by Crippen LogP contribution is -2.28. The maximum Gasteiger partial charge on any atom is 0.435 e. The Morgan fingerprint density at radius 3 is 2.28 bits per heavy atom. The SMILES string of the molecule is CCC(C)c1ccc(C(C)NC(=O)c2cn(C)nc2C(F)(F)F)cc1. The van der Waals surface area contributed by atoms with Crippen molar-refractivity contribution in [3.05, 3.63) is 52.8 Å². The first-order chi connectivity index (χ1) is 11.6. The predicted molar refractivity (Wildman–Crippen MR) is 89.2 cm³/mol. The number of alkyl halides is 3. The molecule has 0 aliphatic carbocycles. The van der Waals surface area contributed by atoms with Crippen molar-refractivity contribution in [1.29, 1.82) is 0 Å². The smallest absolute Gasteiger partial charge is 0.345 e. The molecule has 0 saturated heterocycles. The molecule has 1 heterocycles. The molecule has 4 nitrogen and oxygen atoms in total. The van der Waals surface area contributed by atoms with E-state index in [1.165, 1.54) is 12.6 Å². The zero-order valence-electron chi connectivity index (χ0n) is 14.7. The molecule has 136 valence electrons. The number of hydrogen-bond donors (Lipinski definition) is 1. The van der Waals surface area contributed by atoms with Crippen molar-refractivity contribution in [2.75, 3.05) is 0 Å². The van der Waals surface area contributed by atoms with E-state index < -0.39 is 29.4 Å². The summed E-state index contributed by atoms with van der Waals surface area (Å²) in [5.74, 6) is -0.359. The Balaban J connectivity index is 2.15. The molecular weight excluding hydrogens is 331 g/mol. The van der Waals surface area contributed by atoms with Gasteiger partial charge in [-0.2, -0.15) is 18.3 Å². The second-order valence-electron chi connectivity index (χ2n) is 6.23. The summed E-state index contributed by atoms with van der Waals surface area (Å²) in [6.07, 6.45) is -2.57. The van der Waals surface area contributed by atoms with Crippen LogP contribution in [0.25, 0.3) is 0 Å². The number of nitrogens with one attached hydrogen (secondary N) is 1. The van der Waals surface area contributed by atoms with E-state index in [2.05, 4.69) is 24.3 Å². The molecule has 1 N–H and O–H groups in total. The van der Waals surface area contributed by atoms with Crippen LogP contribution in [0.15, 0.2) is 30.5 Å². The lowest BCUT2D eigenvalue weighted by molar-refractivity contribution is -0.141. The number of aryl methyl sites for hydroxylation is 1. The van der Waals surface area contributed by atoms with Crippen LogP contribution in [0, 0.1) is 0 Å². The molecule has 0 aliphatic heterocycles. The van der Waals surface area contributed by atoms with E-state index in [9.17, 15) is 18.0 Å². The number of aromatic nitrogens is 2. The molecule has 7 heteroatoms. The summed E-state index contributed by atoms with van der Waals surface area (Å²) in [6.45, 7) is 5.97. The van der Waals surface area contributed by atoms with Gasteiger partial charge in [-0.25, -0.2) is 0 Å². The van der Waals surface area contributed by atoms with Crippen LogP contribution in [0.2, 0.25) is 0 Å². The minimum Gasteiger partial charge on any atom is -0.345 e. The zero-order valence-corrected chi connectivity index (χ0v) is 14.7. The molecule has 2 aromatic rings. The number of rotatable bonds is 5. The van der Waals surface area contributed by atoms with Crippen LogP contribution in [0.3, 0.4) is 0 Å². The lowest BCUT2D eigenvalue weighted by atomic mass is 9.96. The zero-order chi connectivity index (χ0) is 18.8. The van der Waals surface area contributed by atoms with Crippen molar-refractivity contribution in [2.45, 2.75) is 45.3 Å². The molecule has 0 spiro atoms. The first kappa shape index (κ1) is 19.0. The van der Waals surface area contributed by atoms with Gasteiger partial charge >= 0.3 is 6.18 Å². The Bertz CT molecular complexity index is 735. The Hall–Kier alpha value is -2.31. The molecular formula is C18H22F3N3O. The van der Waals surface area contributed by atoms with Gasteiger partial charge in [-0.3, -0.25) is 9.48 Å². The third-order valence-electron chi connectivity index (χ3n) is 4.31. The van der Waals surface area contributed by atoms with Gasteiger partial charge in [0.25, 0.3) is 5.91 Å². The maximum absolute atomic E-state index is 13.0. The van der Waals surface area contributed by atoms with Crippen LogP contribution in [0.4, 0.5) is 13.2 Å². The molecule has 2 unspecified atom stereocenters. The highest BCUT2D eigenvalue weighted by Crippen LogP contribution is 2.31. The van der Waals surface area contributed by atoms with Crippen LogP contribution in [0.5, 0.6) is 0 Å². The summed E-state index contributed by atoms with van der Waals surface area (Å²) < 4.78 is 39.9. The average Bonchev–Trinajstić information content (AvgIpc) is 2.96. The van der Waals surface area contributed by atoms with Crippen LogP contribution in [-0.4, -0.2) is 15.7 Å². The molecule has 1 aromatic heterocycles. The summed E-state index contributed by atoms with van der Waals surface area (Å²) >= 11 is 0. The number of nitrogens with zero attached hydrogens (tertiary/aromatic N) is 2. The van der Waals surface area contributed by atoms with Crippen molar-refractivity contribution in [1.82, 2.24) is 15.1 Å². The van der Waals surface area contributed by atoms with Crippen molar-refractivity contribution < 1.29 is 18.0 Å². The van der Waals surface area contributed by atoms with Gasteiger partial charge in [-0.05, 0) is 30.4 Å². The third-order valence-corrected chi connectivity index (χ3v) is 4.31. The number of amides is 1. The molecule has 25 heavy (non-hydrogen) atoms. The van der Waals surface area contributed by atoms with Gasteiger partial charge in [0, 0.05) is 13.2 Å². The Kier molecular flexibility index (Phi) is 5.55. The monoisotopic (exact) mass is 353 g/mol. The third kappa shape index (κ3) is 4.41. The van der Waals surface area contributed by atoms with Crippen molar-refractivity contribution in [3.63, 3.8) is 0 Å². The molecule has 0 saturated carbocycles. The largest absolute Gasteiger partial charge is 0.435 e. The fraction of sp³-hybridized carbons (Fsp3) is 0.444. The number of carbonyl (C=O) groups excluding carboxylic acids is 1. The van der Waals surface area contributed by atoms with Gasteiger partial charge < -0.3 is 5.32 Å². The second-order valence-corrected chi connectivity index (χ2v) is 6.23. The van der Waals surface area contributed by atoms with Gasteiger partial charge in [0.1, 0.15) is 0 Å². The Labute approximate surface area is 145 Å². The molecule has 0 aliphatic rings. The van der Waals surface area contributed by atoms with E-state index in [4.69, 9.17) is 0 Å². The van der Waals surface area contributed by atoms with E-state index in [-0.39, 0.29) is 0 Å². The van der Waals surface area contributed by atoms with Crippen LogP contribution in [-0.2, 0) is 13.2 Å². The van der Waals surface area contributed by atoms with Crippen molar-refractivity contribution >= 4 is 5.91 Å². The predicted octanol–water partition coefficient (Wildman–Crippen LogP) is 4.44. The lowest BCUT2D eigenvalue weighted by Gasteiger charge is -2.16. The normalized spacial score (nSPS) is 14.2. The second kappa shape index (κ2) is 7.29. The molecule has 0 bridgehead atoms. The summed E-state index contributed by atoms with van der Waals surface area (Å²) in [6, 6.07) is 7.33. The van der Waals surface area contributed by atoms with Crippen LogP contribution in [0.1, 0.15) is 66.3 Å². The van der Waals surface area contributed by atoms with Gasteiger partial charge in [-0.15, -0.1) is 0 Å². The summed E-state index contributed by atoms with van der Waals surface area (Å²) in [5, 5.41) is 5.96. The number of carbonyl (C=O) groups is 1. The van der Waals surface area contributed by atoms with Crippen LogP contribution < -0.4 is 5.32 Å². The minimum atomic E-state index is -4.67. The number of halogens is 3. The summed E-state index contributed by atoms with van der Waals surface area (Å²) in [5.41, 5.74) is 0.374. The standard InChI is InChI=1S/C18H22F3N3O/c1-5-11(2)13-6-8-14(9-7-13)12(3)22-17(25)15-10-24(4)23-16(15)18(19,20)21/h6-12H,5H2,1-4H3,(H,22,25). The van der Waals surface area contributed by atoms with Gasteiger partial charge in [0.05, 0.1) is 11.6 Å². The van der Waals surface area contributed by atoms with Crippen molar-refractivity contribution in [2.24, 2.45) is 7.05 Å². The number of benzene rings is 1. The molecule has 0 radical (unpaired) electrons. The first-order valence-corrected chi connectivity index (χ1v) is 8.15. The molecule has 1 amide bonds. The Morgan fingerprint density at radius 2 is 1.76 bits per heavy atom. The topological polar surface area (TPSA) is 46.9 Å².